The van der Waals surface area contributed by atoms with E-state index in [2.05, 4.69) is 69.6 Å². The maximum Gasteiger partial charge on any atom is 0.119 e. The number of aliphatic imine (C=N–C) groups is 1. The van der Waals surface area contributed by atoms with Crippen molar-refractivity contribution in [1.82, 2.24) is 0 Å². The van der Waals surface area contributed by atoms with Gasteiger partial charge in [-0.3, -0.25) is 4.99 Å². The normalized spacial score (nSPS) is 13.3. The minimum atomic E-state index is 0. The molecule has 0 saturated carbocycles. The standard InChI is InChI=1S/C19H20BrNOS.ClH/c1-2-3-10-22-16-4-6-18-14(11-16)8-9-21-19(18)7-5-17-12-15(20)13-23-17;/h4-7,11-13H,2-3,8-10H2,1H3;1H/b7-5+;. The van der Waals surface area contributed by atoms with Crippen LogP contribution in [0.4, 0.5) is 0 Å². The number of nitrogens with zero attached hydrogens (tertiary/aromatic N) is 1. The van der Waals surface area contributed by atoms with E-state index in [1.807, 2.05) is 0 Å². The fourth-order valence-electron chi connectivity index (χ4n) is 2.55. The second-order valence-corrected chi connectivity index (χ2v) is 7.40. The van der Waals surface area contributed by atoms with E-state index in [1.54, 1.807) is 11.3 Å². The molecule has 128 valence electrons. The van der Waals surface area contributed by atoms with E-state index >= 15 is 0 Å². The Kier molecular flexibility index (Phi) is 7.53. The highest BCUT2D eigenvalue weighted by atomic mass is 79.9. The number of thiophene rings is 1. The molecule has 24 heavy (non-hydrogen) atoms. The number of ether oxygens (including phenoxy) is 1. The van der Waals surface area contributed by atoms with Crippen LogP contribution >= 0.6 is 39.7 Å². The van der Waals surface area contributed by atoms with Gasteiger partial charge in [0, 0.05) is 26.8 Å². The Balaban J connectivity index is 0.00000208. The summed E-state index contributed by atoms with van der Waals surface area (Å²) < 4.78 is 6.95. The highest BCUT2D eigenvalue weighted by molar-refractivity contribution is 9.10. The van der Waals surface area contributed by atoms with Gasteiger partial charge in [0.15, 0.2) is 0 Å². The number of unbranched alkanes of at least 4 members (excludes halogenated alkanes) is 1. The first-order valence-electron chi connectivity index (χ1n) is 7.99. The fourth-order valence-corrected chi connectivity index (χ4v) is 3.89. The first-order chi connectivity index (χ1) is 11.3. The lowest BCUT2D eigenvalue weighted by atomic mass is 9.97. The molecule has 0 unspecified atom stereocenters. The van der Waals surface area contributed by atoms with Crippen molar-refractivity contribution in [2.75, 3.05) is 13.2 Å². The minimum absolute atomic E-state index is 0. The van der Waals surface area contributed by atoms with E-state index in [0.717, 1.165) is 48.3 Å². The van der Waals surface area contributed by atoms with Gasteiger partial charge >= 0.3 is 0 Å². The van der Waals surface area contributed by atoms with Gasteiger partial charge in [-0.25, -0.2) is 0 Å². The number of fused-ring (bicyclic) bond motifs is 1. The van der Waals surface area contributed by atoms with Crippen LogP contribution in [0.3, 0.4) is 0 Å². The van der Waals surface area contributed by atoms with Gasteiger partial charge in [-0.1, -0.05) is 13.3 Å². The van der Waals surface area contributed by atoms with Crippen LogP contribution in [0, 0.1) is 0 Å². The summed E-state index contributed by atoms with van der Waals surface area (Å²) in [6.07, 6.45) is 7.50. The van der Waals surface area contributed by atoms with E-state index in [1.165, 1.54) is 16.0 Å². The maximum absolute atomic E-state index is 5.82. The van der Waals surface area contributed by atoms with Crippen LogP contribution in [0.5, 0.6) is 5.75 Å². The summed E-state index contributed by atoms with van der Waals surface area (Å²) >= 11 is 5.21. The lowest BCUT2D eigenvalue weighted by Gasteiger charge is -2.16. The third kappa shape index (κ3) is 4.95. The number of rotatable bonds is 6. The molecular formula is C19H21BrClNOS. The molecule has 0 spiro atoms. The molecule has 2 heterocycles. The molecule has 1 aliphatic heterocycles. The van der Waals surface area contributed by atoms with Gasteiger partial charge in [0.25, 0.3) is 0 Å². The molecule has 0 fully saturated rings. The lowest BCUT2D eigenvalue weighted by molar-refractivity contribution is 0.309. The average Bonchev–Trinajstić information content (AvgIpc) is 2.98. The van der Waals surface area contributed by atoms with Gasteiger partial charge in [-0.15, -0.1) is 23.7 Å². The molecule has 1 aromatic heterocycles. The predicted octanol–water partition coefficient (Wildman–Crippen LogP) is 6.17. The molecule has 0 bridgehead atoms. The summed E-state index contributed by atoms with van der Waals surface area (Å²) in [7, 11) is 0. The summed E-state index contributed by atoms with van der Waals surface area (Å²) in [5.41, 5.74) is 3.63. The lowest BCUT2D eigenvalue weighted by Crippen LogP contribution is -2.11. The molecule has 3 rings (SSSR count). The van der Waals surface area contributed by atoms with Crippen LogP contribution in [0.1, 0.15) is 35.8 Å². The third-order valence-electron chi connectivity index (χ3n) is 3.78. The van der Waals surface area contributed by atoms with Crippen molar-refractivity contribution in [3.63, 3.8) is 0 Å². The first-order valence-corrected chi connectivity index (χ1v) is 9.66. The number of hydrogen-bond donors (Lipinski definition) is 0. The van der Waals surface area contributed by atoms with Gasteiger partial charge in [-0.05, 0) is 70.8 Å². The van der Waals surface area contributed by atoms with Crippen molar-refractivity contribution in [3.8, 4) is 5.75 Å². The van der Waals surface area contributed by atoms with E-state index in [-0.39, 0.29) is 12.4 Å². The largest absolute Gasteiger partial charge is 0.494 e. The monoisotopic (exact) mass is 425 g/mol. The zero-order valence-electron chi connectivity index (χ0n) is 13.6. The molecule has 0 radical (unpaired) electrons. The van der Waals surface area contributed by atoms with Crippen LogP contribution in [-0.2, 0) is 6.42 Å². The van der Waals surface area contributed by atoms with Gasteiger partial charge in [0.1, 0.15) is 5.75 Å². The quantitative estimate of drug-likeness (QED) is 0.506. The van der Waals surface area contributed by atoms with Crippen molar-refractivity contribution >= 4 is 51.5 Å². The summed E-state index contributed by atoms with van der Waals surface area (Å²) in [4.78, 5) is 5.91. The molecule has 0 atom stereocenters. The Morgan fingerprint density at radius 1 is 1.29 bits per heavy atom. The van der Waals surface area contributed by atoms with Crippen molar-refractivity contribution in [2.45, 2.75) is 26.2 Å². The minimum Gasteiger partial charge on any atom is -0.494 e. The van der Waals surface area contributed by atoms with Crippen molar-refractivity contribution in [1.29, 1.82) is 0 Å². The number of hydrogen-bond acceptors (Lipinski definition) is 3. The Bertz CT molecular complexity index is 739. The van der Waals surface area contributed by atoms with Gasteiger partial charge < -0.3 is 4.74 Å². The number of benzene rings is 1. The van der Waals surface area contributed by atoms with E-state index in [4.69, 9.17) is 4.74 Å². The topological polar surface area (TPSA) is 21.6 Å². The van der Waals surface area contributed by atoms with E-state index in [9.17, 15) is 0 Å². The average molecular weight is 427 g/mol. The SMILES string of the molecule is CCCCOc1ccc2c(c1)CCN=C2/C=C/c1cc(Br)cs1.Cl. The van der Waals surface area contributed by atoms with Crippen LogP contribution in [0.25, 0.3) is 6.08 Å². The van der Waals surface area contributed by atoms with Crippen molar-refractivity contribution in [2.24, 2.45) is 4.99 Å². The maximum atomic E-state index is 5.82. The Hall–Kier alpha value is -1.10. The van der Waals surface area contributed by atoms with E-state index < -0.39 is 0 Å². The number of halogens is 2. The molecule has 5 heteroatoms. The predicted molar refractivity (Wildman–Crippen MR) is 110 cm³/mol. The van der Waals surface area contributed by atoms with Gasteiger partial charge in [0.2, 0.25) is 0 Å². The molecule has 2 aromatic rings. The molecule has 0 amide bonds. The molecule has 2 nitrogen and oxygen atoms in total. The van der Waals surface area contributed by atoms with Crippen LogP contribution in [0.15, 0.2) is 45.2 Å². The van der Waals surface area contributed by atoms with Crippen molar-refractivity contribution in [3.05, 3.63) is 56.2 Å². The Morgan fingerprint density at radius 3 is 2.92 bits per heavy atom. The summed E-state index contributed by atoms with van der Waals surface area (Å²) in [5.74, 6) is 0.976. The molecule has 0 aliphatic carbocycles. The summed E-state index contributed by atoms with van der Waals surface area (Å²) in [5, 5.41) is 2.09. The van der Waals surface area contributed by atoms with Crippen LogP contribution < -0.4 is 4.74 Å². The second-order valence-electron chi connectivity index (χ2n) is 5.54. The molecule has 0 saturated heterocycles. The summed E-state index contributed by atoms with van der Waals surface area (Å²) in [6, 6.07) is 8.50. The van der Waals surface area contributed by atoms with Crippen LogP contribution in [0.2, 0.25) is 0 Å². The highest BCUT2D eigenvalue weighted by Gasteiger charge is 2.13. The smallest absolute Gasteiger partial charge is 0.119 e. The second kappa shape index (κ2) is 9.40. The Morgan fingerprint density at radius 2 is 2.17 bits per heavy atom. The van der Waals surface area contributed by atoms with E-state index in [0.29, 0.717) is 0 Å². The Labute approximate surface area is 162 Å². The third-order valence-corrected chi connectivity index (χ3v) is 5.43. The fraction of sp³-hybridized carbons (Fsp3) is 0.316. The van der Waals surface area contributed by atoms with Crippen LogP contribution in [-0.4, -0.2) is 18.9 Å². The molecular weight excluding hydrogens is 406 g/mol. The summed E-state index contributed by atoms with van der Waals surface area (Å²) in [6.45, 7) is 3.82. The number of allylic oxidation sites excluding steroid dienone is 1. The van der Waals surface area contributed by atoms with Crippen molar-refractivity contribution < 1.29 is 4.74 Å². The zero-order chi connectivity index (χ0) is 16.1. The van der Waals surface area contributed by atoms with Gasteiger partial charge in [-0.2, -0.15) is 0 Å². The highest BCUT2D eigenvalue weighted by Crippen LogP contribution is 2.25. The molecule has 0 N–H and O–H groups in total. The van der Waals surface area contributed by atoms with Gasteiger partial charge in [0.05, 0.1) is 12.3 Å². The first kappa shape index (κ1) is 19.2. The zero-order valence-corrected chi connectivity index (χ0v) is 16.8. The molecule has 1 aromatic carbocycles. The molecule has 1 aliphatic rings.